The van der Waals surface area contributed by atoms with Crippen LogP contribution in [-0.4, -0.2) is 107 Å². The summed E-state index contributed by atoms with van der Waals surface area (Å²) >= 11 is 0. The van der Waals surface area contributed by atoms with Crippen LogP contribution in [0.25, 0.3) is 0 Å². The Balaban J connectivity index is 0.832. The summed E-state index contributed by atoms with van der Waals surface area (Å²) in [6, 6.07) is 28.1. The van der Waals surface area contributed by atoms with Crippen molar-refractivity contribution in [2.75, 3.05) is 40.7 Å². The van der Waals surface area contributed by atoms with Crippen molar-refractivity contribution in [3.05, 3.63) is 130 Å². The van der Waals surface area contributed by atoms with E-state index in [1.54, 1.807) is 17.0 Å². The van der Waals surface area contributed by atoms with Gasteiger partial charge in [-0.3, -0.25) is 38.6 Å². The number of methoxy groups -OCH3 is 1. The van der Waals surface area contributed by atoms with Gasteiger partial charge in [-0.25, -0.2) is 4.79 Å². The highest BCUT2D eigenvalue weighted by Gasteiger charge is 2.43. The molecule has 0 radical (unpaired) electrons. The van der Waals surface area contributed by atoms with Crippen LogP contribution in [0.15, 0.2) is 96.0 Å². The van der Waals surface area contributed by atoms with Crippen molar-refractivity contribution in [1.29, 1.82) is 0 Å². The lowest BCUT2D eigenvalue weighted by Gasteiger charge is -2.35. The summed E-state index contributed by atoms with van der Waals surface area (Å²) < 4.78 is 52.4. The minimum absolute atomic E-state index is 0.0846. The number of carbonyl (C=O) groups excluding carboxylic acids is 5. The van der Waals surface area contributed by atoms with Crippen molar-refractivity contribution in [2.45, 2.75) is 88.2 Å². The summed E-state index contributed by atoms with van der Waals surface area (Å²) in [6.07, 6.45) is 2.46. The summed E-state index contributed by atoms with van der Waals surface area (Å²) in [5, 5.41) is -1.76. The standard InChI is InChI=1S/C53H52N6O12S3/c1-31-20-39-43(25-44(31)69-28-34-12-9-13-35(55-34)29-70-46-24-40-38(23-45(46)68-4)50(62)57-36(26-54-40)21-32-10-5-7-14-41(32)57)56(27-37-22-33-11-6-8-15-42(33)58(37)51(39)63)30-53(2,3)73-72-19-18-47(74(65,66)67)52(64)71-59-48(60)16-17-49(59)61/h5-15,20,23-26,36-37,47H,16-19,21-22,27-30H2,1-4H3,(H,65,66,67)/t36-,37-,47?/m0/s1. The van der Waals surface area contributed by atoms with Gasteiger partial charge in [0.15, 0.2) is 16.7 Å². The highest BCUT2D eigenvalue weighted by Crippen LogP contribution is 2.45. The molecule has 0 saturated carbocycles. The largest absolute Gasteiger partial charge is 0.493 e. The zero-order chi connectivity index (χ0) is 52.1. The number of nitrogens with zero attached hydrogens (tertiary/aromatic N) is 6. The first-order valence-corrected chi connectivity index (χ1v) is 27.8. The van der Waals surface area contributed by atoms with Crippen LogP contribution in [0.5, 0.6) is 17.2 Å². The molecule has 18 nitrogen and oxygen atoms in total. The topological polar surface area (TPSA) is 215 Å². The second-order valence-corrected chi connectivity index (χ2v) is 23.9. The minimum Gasteiger partial charge on any atom is -0.493 e. The summed E-state index contributed by atoms with van der Waals surface area (Å²) in [7, 11) is -0.685. The van der Waals surface area contributed by atoms with E-state index in [2.05, 4.69) is 4.90 Å². The van der Waals surface area contributed by atoms with E-state index >= 15 is 0 Å². The van der Waals surface area contributed by atoms with Crippen LogP contribution in [0.2, 0.25) is 0 Å². The first-order valence-electron chi connectivity index (χ1n) is 24.0. The lowest BCUT2D eigenvalue weighted by Crippen LogP contribution is -2.45. The summed E-state index contributed by atoms with van der Waals surface area (Å²) in [5.41, 5.74) is 8.01. The average Bonchev–Trinajstić information content (AvgIpc) is 4.00. The third-order valence-electron chi connectivity index (χ3n) is 13.5. The highest BCUT2D eigenvalue weighted by atomic mass is 33.1. The van der Waals surface area contributed by atoms with Crippen molar-refractivity contribution in [3.63, 3.8) is 0 Å². The highest BCUT2D eigenvalue weighted by molar-refractivity contribution is 8.77. The maximum absolute atomic E-state index is 14.7. The number of hydrogen-bond acceptors (Lipinski definition) is 16. The Labute approximate surface area is 435 Å². The number of rotatable bonds is 17. The number of aryl methyl sites for hydroxylation is 1. The normalized spacial score (nSPS) is 18.2. The summed E-state index contributed by atoms with van der Waals surface area (Å²) in [6.45, 7) is 7.04. The van der Waals surface area contributed by atoms with E-state index < -0.39 is 37.9 Å². The van der Waals surface area contributed by atoms with Gasteiger partial charge in [-0.15, -0.1) is 5.06 Å². The quantitative estimate of drug-likeness (QED) is 0.0410. The molecule has 4 aromatic carbocycles. The lowest BCUT2D eigenvalue weighted by atomic mass is 10.0. The van der Waals surface area contributed by atoms with E-state index in [0.29, 0.717) is 77.1 Å². The predicted molar refractivity (Wildman–Crippen MR) is 280 cm³/mol. The molecule has 21 heteroatoms. The first-order chi connectivity index (χ1) is 35.5. The Morgan fingerprint density at radius 2 is 1.45 bits per heavy atom. The molecule has 1 aromatic heterocycles. The Morgan fingerprint density at radius 1 is 0.797 bits per heavy atom. The van der Waals surface area contributed by atoms with E-state index in [1.807, 2.05) is 111 Å². The zero-order valence-electron chi connectivity index (χ0n) is 40.9. The van der Waals surface area contributed by atoms with Crippen molar-refractivity contribution in [1.82, 2.24) is 10.0 Å². The molecule has 5 aliphatic heterocycles. The van der Waals surface area contributed by atoms with Crippen LogP contribution in [0, 0.1) is 6.92 Å². The average molecular weight is 1060 g/mol. The molecule has 1 N–H and O–H groups in total. The maximum Gasteiger partial charge on any atom is 0.353 e. The van der Waals surface area contributed by atoms with Gasteiger partial charge in [0.1, 0.15) is 19.0 Å². The number of aliphatic imine (C=N–C) groups is 1. The number of pyridine rings is 1. The molecule has 5 aromatic rings. The predicted octanol–water partition coefficient (Wildman–Crippen LogP) is 7.65. The Hall–Kier alpha value is -6.94. The number of aromatic nitrogens is 1. The molecule has 4 amide bonds. The second-order valence-electron chi connectivity index (χ2n) is 19.2. The van der Waals surface area contributed by atoms with Crippen molar-refractivity contribution >= 4 is 90.3 Å². The van der Waals surface area contributed by atoms with Gasteiger partial charge in [-0.2, -0.15) is 8.42 Å². The minimum atomic E-state index is -4.94. The number of imide groups is 1. The van der Waals surface area contributed by atoms with Gasteiger partial charge < -0.3 is 28.8 Å². The first kappa shape index (κ1) is 50.6. The maximum atomic E-state index is 14.7. The third-order valence-corrected chi connectivity index (χ3v) is 17.9. The molecule has 0 aliphatic carbocycles. The number of benzene rings is 4. The van der Waals surface area contributed by atoms with E-state index in [1.165, 1.54) is 28.7 Å². The molecule has 1 saturated heterocycles. The number of ether oxygens (including phenoxy) is 3. The number of anilines is 3. The van der Waals surface area contributed by atoms with Crippen molar-refractivity contribution in [3.8, 4) is 17.2 Å². The Bertz CT molecular complexity index is 3240. The van der Waals surface area contributed by atoms with Crippen LogP contribution in [-0.2, 0) is 55.4 Å². The zero-order valence-corrected chi connectivity index (χ0v) is 43.3. The Morgan fingerprint density at radius 3 is 2.14 bits per heavy atom. The molecule has 0 bridgehead atoms. The molecular formula is C53H52N6O12S3. The summed E-state index contributed by atoms with van der Waals surface area (Å²) in [5.74, 6) is -1.81. The van der Waals surface area contributed by atoms with Crippen LogP contribution in [0.4, 0.5) is 22.7 Å². The van der Waals surface area contributed by atoms with Gasteiger partial charge in [0.25, 0.3) is 33.7 Å². The van der Waals surface area contributed by atoms with Gasteiger partial charge in [-0.1, -0.05) is 64.1 Å². The number of fused-ring (bicyclic) bond motifs is 8. The summed E-state index contributed by atoms with van der Waals surface area (Å²) in [4.78, 5) is 85.7. The van der Waals surface area contributed by atoms with Gasteiger partial charge in [0.2, 0.25) is 0 Å². The molecule has 74 heavy (non-hydrogen) atoms. The van der Waals surface area contributed by atoms with Gasteiger partial charge in [0.05, 0.1) is 53.1 Å². The fraction of sp³-hybridized carbons (Fsp3) is 0.340. The fourth-order valence-electron chi connectivity index (χ4n) is 10.00. The number of amides is 4. The van der Waals surface area contributed by atoms with E-state index in [-0.39, 0.29) is 67.2 Å². The second kappa shape index (κ2) is 20.4. The smallest absolute Gasteiger partial charge is 0.353 e. The van der Waals surface area contributed by atoms with Crippen LogP contribution >= 0.6 is 21.6 Å². The number of para-hydroxylation sites is 2. The molecule has 10 rings (SSSR count). The van der Waals surface area contributed by atoms with Crippen molar-refractivity contribution in [2.24, 2.45) is 4.99 Å². The van der Waals surface area contributed by atoms with E-state index in [4.69, 9.17) is 29.0 Å². The number of hydrogen-bond donors (Lipinski definition) is 1. The van der Waals surface area contributed by atoms with Gasteiger partial charge in [-0.05, 0) is 86.7 Å². The van der Waals surface area contributed by atoms with Crippen LogP contribution in [0.1, 0.15) is 81.9 Å². The third kappa shape index (κ3) is 10.2. The molecule has 1 unspecified atom stereocenters. The molecule has 384 valence electrons. The molecule has 6 heterocycles. The lowest BCUT2D eigenvalue weighted by molar-refractivity contribution is -0.197. The SMILES string of the molecule is COc1cc2c(cc1OCc1cccc(COc3cc4c(cc3C)C(=O)N3c5ccccc5C[C@H]3CN4CC(C)(C)SSCCC(C(=O)ON3C(=O)CCC3=O)S(=O)(=O)O)n1)N=C[C@@H]1Cc3ccccc3N1C2=O. The Kier molecular flexibility index (Phi) is 13.9. The number of hydroxylamine groups is 2. The van der Waals surface area contributed by atoms with Crippen LogP contribution < -0.4 is 28.9 Å². The molecule has 0 spiro atoms. The fourth-order valence-corrected chi connectivity index (χ4v) is 13.4. The van der Waals surface area contributed by atoms with Gasteiger partial charge in [0, 0.05) is 72.6 Å². The number of carbonyl (C=O) groups is 5. The van der Waals surface area contributed by atoms with Crippen LogP contribution in [0.3, 0.4) is 0 Å². The van der Waals surface area contributed by atoms with Gasteiger partial charge >= 0.3 is 5.97 Å². The molecule has 1 fully saturated rings. The molecule has 5 aliphatic rings. The monoisotopic (exact) mass is 1060 g/mol. The molecule has 3 atom stereocenters. The van der Waals surface area contributed by atoms with E-state index in [9.17, 15) is 36.9 Å². The molecular weight excluding hydrogens is 1010 g/mol. The van der Waals surface area contributed by atoms with E-state index in [0.717, 1.165) is 28.1 Å². The van der Waals surface area contributed by atoms with Crippen molar-refractivity contribution < 1.29 is 56.0 Å².